The van der Waals surface area contributed by atoms with E-state index in [4.69, 9.17) is 0 Å². The molecular formula is C16H24F2N2O2S. The molecule has 2 rings (SSSR count). The number of alkyl halides is 1. The second-order valence-corrected chi connectivity index (χ2v) is 9.09. The van der Waals surface area contributed by atoms with Crippen LogP contribution >= 0.6 is 0 Å². The average molecular weight is 346 g/mol. The molecule has 0 bridgehead atoms. The zero-order chi connectivity index (χ0) is 17.3. The van der Waals surface area contributed by atoms with Gasteiger partial charge in [0.25, 0.3) is 0 Å². The Morgan fingerprint density at radius 2 is 2.00 bits per heavy atom. The van der Waals surface area contributed by atoms with Crippen molar-refractivity contribution in [3.63, 3.8) is 0 Å². The summed E-state index contributed by atoms with van der Waals surface area (Å²) >= 11 is -1.48. The van der Waals surface area contributed by atoms with Crippen LogP contribution in [0.1, 0.15) is 58.2 Å². The van der Waals surface area contributed by atoms with Crippen molar-refractivity contribution in [2.75, 3.05) is 0 Å². The number of hydrogen-bond acceptors (Lipinski definition) is 4. The van der Waals surface area contributed by atoms with E-state index in [1.54, 1.807) is 26.8 Å². The zero-order valence-corrected chi connectivity index (χ0v) is 14.5. The van der Waals surface area contributed by atoms with Crippen molar-refractivity contribution in [3.05, 3.63) is 29.8 Å². The fraction of sp³-hybridized carbons (Fsp3) is 0.688. The van der Waals surface area contributed by atoms with E-state index in [1.807, 2.05) is 0 Å². The van der Waals surface area contributed by atoms with Crippen molar-refractivity contribution in [2.24, 2.45) is 0 Å². The molecule has 1 heterocycles. The fourth-order valence-electron chi connectivity index (χ4n) is 2.69. The minimum atomic E-state index is -1.48. The smallest absolute Gasteiger partial charge is 0.213 e. The highest BCUT2D eigenvalue weighted by molar-refractivity contribution is 7.90. The Morgan fingerprint density at radius 3 is 2.52 bits per heavy atom. The predicted molar refractivity (Wildman–Crippen MR) is 86.3 cm³/mol. The van der Waals surface area contributed by atoms with Crippen LogP contribution in [0, 0.1) is 5.95 Å². The van der Waals surface area contributed by atoms with Crippen molar-refractivity contribution < 1.29 is 18.4 Å². The summed E-state index contributed by atoms with van der Waals surface area (Å²) in [4.78, 5) is 3.83. The first-order valence-electron chi connectivity index (χ1n) is 7.79. The third kappa shape index (κ3) is 4.62. The Labute approximate surface area is 139 Å². The van der Waals surface area contributed by atoms with E-state index in [2.05, 4.69) is 9.71 Å². The van der Waals surface area contributed by atoms with E-state index >= 15 is 0 Å². The molecule has 1 saturated carbocycles. The van der Waals surface area contributed by atoms with E-state index in [1.165, 1.54) is 12.1 Å². The second kappa shape index (κ2) is 7.01. The summed E-state index contributed by atoms with van der Waals surface area (Å²) in [5, 5.41) is 11.0. The van der Waals surface area contributed by atoms with Crippen LogP contribution in [-0.4, -0.2) is 31.2 Å². The second-order valence-electron chi connectivity index (χ2n) is 7.10. The molecule has 1 aliphatic rings. The summed E-state index contributed by atoms with van der Waals surface area (Å²) in [6.45, 7) is 5.40. The fourth-order valence-corrected chi connectivity index (χ4v) is 3.59. The van der Waals surface area contributed by atoms with Crippen molar-refractivity contribution in [2.45, 2.75) is 69.0 Å². The maximum atomic E-state index is 13.5. The van der Waals surface area contributed by atoms with Crippen LogP contribution in [0.3, 0.4) is 0 Å². The lowest BCUT2D eigenvalue weighted by molar-refractivity contribution is -0.0419. The molecule has 0 radical (unpaired) electrons. The maximum Gasteiger partial charge on any atom is 0.213 e. The van der Waals surface area contributed by atoms with Gasteiger partial charge in [0.1, 0.15) is 17.0 Å². The summed E-state index contributed by atoms with van der Waals surface area (Å²) in [5.74, 6) is -0.668. The van der Waals surface area contributed by atoms with Gasteiger partial charge in [0.2, 0.25) is 5.95 Å². The van der Waals surface area contributed by atoms with Crippen LogP contribution in [0.2, 0.25) is 0 Å². The molecular weight excluding hydrogens is 322 g/mol. The number of nitrogens with zero attached hydrogens (tertiary/aromatic N) is 1. The Morgan fingerprint density at radius 1 is 1.39 bits per heavy atom. The predicted octanol–water partition coefficient (Wildman–Crippen LogP) is 2.96. The number of aromatic nitrogens is 1. The molecule has 7 heteroatoms. The largest absolute Gasteiger partial charge is 0.598 e. The lowest BCUT2D eigenvalue weighted by Crippen LogP contribution is -2.52. The maximum absolute atomic E-state index is 13.5. The van der Waals surface area contributed by atoms with Crippen LogP contribution in [0.25, 0.3) is 0 Å². The van der Waals surface area contributed by atoms with Gasteiger partial charge in [0, 0.05) is 11.4 Å². The van der Waals surface area contributed by atoms with Gasteiger partial charge in [-0.25, -0.2) is 9.37 Å². The molecule has 0 aromatic carbocycles. The molecule has 2 atom stereocenters. The summed E-state index contributed by atoms with van der Waals surface area (Å²) in [7, 11) is 0. The number of rotatable bonds is 4. The first-order valence-corrected chi connectivity index (χ1v) is 8.94. The molecule has 0 aliphatic heterocycles. The lowest BCUT2D eigenvalue weighted by atomic mass is 9.78. The van der Waals surface area contributed by atoms with E-state index in [-0.39, 0.29) is 31.4 Å². The summed E-state index contributed by atoms with van der Waals surface area (Å²) in [6, 6.07) is 3.48. The van der Waals surface area contributed by atoms with Gasteiger partial charge in [-0.1, -0.05) is 6.07 Å². The number of halogens is 2. The minimum Gasteiger partial charge on any atom is -0.598 e. The molecule has 0 amide bonds. The highest BCUT2D eigenvalue weighted by atomic mass is 32.2. The molecule has 1 aliphatic carbocycles. The molecule has 130 valence electrons. The van der Waals surface area contributed by atoms with Crippen LogP contribution < -0.4 is 4.72 Å². The van der Waals surface area contributed by atoms with E-state index < -0.39 is 39.9 Å². The molecule has 2 N–H and O–H groups in total. The summed E-state index contributed by atoms with van der Waals surface area (Å²) < 4.78 is 41.8. The van der Waals surface area contributed by atoms with Crippen molar-refractivity contribution in [1.29, 1.82) is 0 Å². The van der Waals surface area contributed by atoms with Crippen LogP contribution in [-0.2, 0) is 11.4 Å². The van der Waals surface area contributed by atoms with E-state index in [9.17, 15) is 18.4 Å². The molecule has 1 fully saturated rings. The van der Waals surface area contributed by atoms with Crippen molar-refractivity contribution in [1.82, 2.24) is 9.71 Å². The van der Waals surface area contributed by atoms with Gasteiger partial charge in [-0.3, -0.25) is 0 Å². The number of pyridine rings is 1. The van der Waals surface area contributed by atoms with Gasteiger partial charge in [-0.15, -0.1) is 4.72 Å². The Kier molecular flexibility index (Phi) is 5.66. The molecule has 1 aromatic rings. The summed E-state index contributed by atoms with van der Waals surface area (Å²) in [6.07, 6.45) is -0.0563. The van der Waals surface area contributed by atoms with Crippen molar-refractivity contribution >= 4 is 11.4 Å². The van der Waals surface area contributed by atoms with Gasteiger partial charge in [0.15, 0.2) is 0 Å². The van der Waals surface area contributed by atoms with E-state index in [0.29, 0.717) is 0 Å². The topological polar surface area (TPSA) is 68.2 Å². The number of hydrogen-bond donors (Lipinski definition) is 2. The third-order valence-electron chi connectivity index (χ3n) is 4.13. The van der Waals surface area contributed by atoms with Crippen molar-refractivity contribution in [3.8, 4) is 0 Å². The minimum absolute atomic E-state index is 0.214. The van der Waals surface area contributed by atoms with Crippen LogP contribution in [0.15, 0.2) is 18.2 Å². The zero-order valence-electron chi connectivity index (χ0n) is 13.7. The molecule has 4 nitrogen and oxygen atoms in total. The monoisotopic (exact) mass is 346 g/mol. The molecule has 0 saturated heterocycles. The summed E-state index contributed by atoms with van der Waals surface area (Å²) in [5.41, 5.74) is -1.02. The van der Waals surface area contributed by atoms with Crippen LogP contribution in [0.4, 0.5) is 8.78 Å². The Hall–Kier alpha value is -0.760. The molecule has 1 aromatic heterocycles. The van der Waals surface area contributed by atoms with Gasteiger partial charge in [0.05, 0.1) is 11.3 Å². The number of nitrogens with one attached hydrogen (secondary N) is 1. The quantitative estimate of drug-likeness (QED) is 0.650. The molecule has 1 unspecified atom stereocenters. The Balaban J connectivity index is 2.31. The van der Waals surface area contributed by atoms with Gasteiger partial charge in [-0.2, -0.15) is 4.39 Å². The van der Waals surface area contributed by atoms with Gasteiger partial charge in [-0.05, 0) is 58.6 Å². The highest BCUT2D eigenvalue weighted by Gasteiger charge is 2.45. The lowest BCUT2D eigenvalue weighted by Gasteiger charge is -2.40. The molecule has 0 spiro atoms. The third-order valence-corrected chi connectivity index (χ3v) is 5.69. The Bertz CT molecular complexity index is 531. The standard InChI is InChI=1S/C16H24F2N2O2S/c1-15(2,3)23(22)20-14(12-5-4-6-13(18)19-12)16(21)9-7-11(17)8-10-16/h4-6,11,14,20-21H,7-10H2,1-3H3/t11-,14-,16-,23?/m0/s1. The van der Waals surface area contributed by atoms with Crippen LogP contribution in [0.5, 0.6) is 0 Å². The van der Waals surface area contributed by atoms with E-state index in [0.717, 1.165) is 0 Å². The first kappa shape index (κ1) is 18.6. The average Bonchev–Trinajstić information content (AvgIpc) is 2.46. The number of aliphatic hydroxyl groups is 1. The first-order chi connectivity index (χ1) is 10.6. The SMILES string of the molecule is CC(C)(C)[S+]([O-])N[C@@H](c1cccc(F)n1)[C@]1(O)CC[C@H](F)CC1. The normalized spacial score (nSPS) is 28.4. The molecule has 23 heavy (non-hydrogen) atoms. The van der Waals surface area contributed by atoms with Gasteiger partial charge >= 0.3 is 0 Å². The van der Waals surface area contributed by atoms with Gasteiger partial charge < -0.3 is 9.66 Å². The highest BCUT2D eigenvalue weighted by Crippen LogP contribution is 2.40.